The number of amides is 1. The van der Waals surface area contributed by atoms with Gasteiger partial charge in [0.25, 0.3) is 5.91 Å². The van der Waals surface area contributed by atoms with Crippen molar-refractivity contribution in [3.05, 3.63) is 36.2 Å². The van der Waals surface area contributed by atoms with Crippen LogP contribution in [0.25, 0.3) is 0 Å². The summed E-state index contributed by atoms with van der Waals surface area (Å²) in [5.41, 5.74) is 1.05. The van der Waals surface area contributed by atoms with E-state index in [0.717, 1.165) is 26.2 Å². The van der Waals surface area contributed by atoms with Crippen molar-refractivity contribution in [3.63, 3.8) is 0 Å². The zero-order chi connectivity index (χ0) is 17.2. The highest BCUT2D eigenvalue weighted by Gasteiger charge is 2.18. The number of ether oxygens (including phenoxy) is 2. The number of carbonyl (C=O) groups excluding carboxylic acids is 1. The molecular weight excluding hydrogens is 322 g/mol. The second-order valence-electron chi connectivity index (χ2n) is 6.08. The van der Waals surface area contributed by atoms with Crippen LogP contribution in [-0.2, 0) is 0 Å². The van der Waals surface area contributed by atoms with Crippen molar-refractivity contribution in [2.75, 3.05) is 50.2 Å². The fraction of sp³-hybridized carbons (Fsp3) is 0.353. The van der Waals surface area contributed by atoms with Crippen LogP contribution in [0.15, 0.2) is 30.6 Å². The van der Waals surface area contributed by atoms with Gasteiger partial charge in [-0.3, -0.25) is 4.79 Å². The lowest BCUT2D eigenvalue weighted by Crippen LogP contribution is -2.45. The van der Waals surface area contributed by atoms with Crippen molar-refractivity contribution in [2.45, 2.75) is 0 Å². The molecule has 130 valence electrons. The van der Waals surface area contributed by atoms with Crippen LogP contribution < -0.4 is 19.7 Å². The average Bonchev–Trinajstić information content (AvgIpc) is 3.10. The number of nitrogens with zero attached hydrogens (tertiary/aromatic N) is 4. The van der Waals surface area contributed by atoms with Crippen molar-refractivity contribution in [3.8, 4) is 11.5 Å². The highest BCUT2D eigenvalue weighted by atomic mass is 16.7. The van der Waals surface area contributed by atoms with Crippen LogP contribution in [-0.4, -0.2) is 60.8 Å². The summed E-state index contributed by atoms with van der Waals surface area (Å²) in [6, 6.07) is 5.27. The van der Waals surface area contributed by atoms with Crippen LogP contribution in [0.3, 0.4) is 0 Å². The molecule has 3 heterocycles. The topological polar surface area (TPSA) is 79.8 Å². The Labute approximate surface area is 145 Å². The maximum Gasteiger partial charge on any atom is 0.258 e. The Kier molecular flexibility index (Phi) is 4.10. The number of likely N-dealkylation sites (N-methyl/N-ethyl adjacent to an activating group) is 1. The number of hydrogen-bond acceptors (Lipinski definition) is 7. The highest BCUT2D eigenvalue weighted by molar-refractivity contribution is 6.04. The Morgan fingerprint density at radius 2 is 1.80 bits per heavy atom. The van der Waals surface area contributed by atoms with E-state index in [1.54, 1.807) is 30.6 Å². The van der Waals surface area contributed by atoms with E-state index >= 15 is 0 Å². The van der Waals surface area contributed by atoms with Crippen LogP contribution >= 0.6 is 0 Å². The molecule has 0 aliphatic carbocycles. The summed E-state index contributed by atoms with van der Waals surface area (Å²) in [6.07, 6.45) is 3.12. The average molecular weight is 341 g/mol. The van der Waals surface area contributed by atoms with Gasteiger partial charge in [-0.25, -0.2) is 9.97 Å². The van der Waals surface area contributed by atoms with Gasteiger partial charge in [0.05, 0.1) is 5.56 Å². The first-order chi connectivity index (χ1) is 12.2. The molecule has 0 saturated carbocycles. The van der Waals surface area contributed by atoms with Crippen molar-refractivity contribution >= 4 is 17.5 Å². The molecular formula is C17H19N5O3. The number of nitrogens with one attached hydrogen (secondary N) is 1. The number of anilines is 2. The summed E-state index contributed by atoms with van der Waals surface area (Å²) in [5.74, 6) is 1.70. The van der Waals surface area contributed by atoms with E-state index < -0.39 is 0 Å². The summed E-state index contributed by atoms with van der Waals surface area (Å²) < 4.78 is 10.6. The Morgan fingerprint density at radius 1 is 1.08 bits per heavy atom. The summed E-state index contributed by atoms with van der Waals surface area (Å²) in [6.45, 7) is 3.94. The highest BCUT2D eigenvalue weighted by Crippen LogP contribution is 2.34. The van der Waals surface area contributed by atoms with Gasteiger partial charge in [0.2, 0.25) is 12.7 Å². The number of benzene rings is 1. The van der Waals surface area contributed by atoms with Crippen molar-refractivity contribution in [1.82, 2.24) is 14.9 Å². The third-order valence-electron chi connectivity index (χ3n) is 4.32. The minimum Gasteiger partial charge on any atom is -0.454 e. The van der Waals surface area contributed by atoms with Crippen molar-refractivity contribution in [1.29, 1.82) is 0 Å². The normalized spacial score (nSPS) is 16.8. The number of hydrogen-bond donors (Lipinski definition) is 1. The molecule has 1 N–H and O–H groups in total. The van der Waals surface area contributed by atoms with Gasteiger partial charge in [-0.1, -0.05) is 0 Å². The van der Waals surface area contributed by atoms with Crippen molar-refractivity contribution in [2.24, 2.45) is 0 Å². The Balaban J connectivity index is 1.42. The zero-order valence-electron chi connectivity index (χ0n) is 13.9. The number of aromatic nitrogens is 2. The Bertz CT molecular complexity index is 772. The van der Waals surface area contributed by atoms with Gasteiger partial charge in [-0.2, -0.15) is 0 Å². The third kappa shape index (κ3) is 3.34. The second-order valence-corrected chi connectivity index (χ2v) is 6.08. The third-order valence-corrected chi connectivity index (χ3v) is 4.32. The van der Waals surface area contributed by atoms with Gasteiger partial charge < -0.3 is 24.6 Å². The number of carbonyl (C=O) groups is 1. The zero-order valence-corrected chi connectivity index (χ0v) is 13.9. The van der Waals surface area contributed by atoms with Crippen LogP contribution in [0, 0.1) is 0 Å². The summed E-state index contributed by atoms with van der Waals surface area (Å²) in [5, 5.41) is 2.82. The predicted octanol–water partition coefficient (Wildman–Crippen LogP) is 1.21. The van der Waals surface area contributed by atoms with Gasteiger partial charge >= 0.3 is 0 Å². The molecule has 1 aromatic carbocycles. The van der Waals surface area contributed by atoms with Gasteiger partial charge in [-0.15, -0.1) is 0 Å². The summed E-state index contributed by atoms with van der Waals surface area (Å²) >= 11 is 0. The maximum absolute atomic E-state index is 12.4. The molecule has 8 heteroatoms. The number of fused-ring (bicyclic) bond motifs is 1. The monoisotopic (exact) mass is 341 g/mol. The minimum absolute atomic E-state index is 0.203. The molecule has 2 aliphatic heterocycles. The SMILES string of the molecule is CN1CCN(c2ncc(C(=O)Nc3ccc4c(c3)OCO4)cn2)CC1. The first-order valence-corrected chi connectivity index (χ1v) is 8.15. The van der Waals surface area contributed by atoms with E-state index in [9.17, 15) is 4.79 Å². The molecule has 8 nitrogen and oxygen atoms in total. The first kappa shape index (κ1) is 15.6. The Morgan fingerprint density at radius 3 is 2.56 bits per heavy atom. The smallest absolute Gasteiger partial charge is 0.258 e. The van der Waals surface area contributed by atoms with E-state index in [0.29, 0.717) is 28.7 Å². The fourth-order valence-corrected chi connectivity index (χ4v) is 2.79. The van der Waals surface area contributed by atoms with Crippen LogP contribution in [0.5, 0.6) is 11.5 Å². The van der Waals surface area contributed by atoms with E-state index in [-0.39, 0.29) is 12.7 Å². The maximum atomic E-state index is 12.4. The van der Waals surface area contributed by atoms with E-state index in [2.05, 4.69) is 32.1 Å². The number of rotatable bonds is 3. The van der Waals surface area contributed by atoms with Gasteiger partial charge in [0, 0.05) is 50.3 Å². The molecule has 1 amide bonds. The van der Waals surface area contributed by atoms with Crippen LogP contribution in [0.4, 0.5) is 11.6 Å². The van der Waals surface area contributed by atoms with Gasteiger partial charge in [0.15, 0.2) is 11.5 Å². The summed E-state index contributed by atoms with van der Waals surface area (Å²) in [4.78, 5) is 25.4. The Hall–Kier alpha value is -2.87. The quantitative estimate of drug-likeness (QED) is 0.899. The molecule has 4 rings (SSSR count). The van der Waals surface area contributed by atoms with E-state index in [1.807, 2.05) is 0 Å². The molecule has 2 aromatic rings. The lowest BCUT2D eigenvalue weighted by atomic mass is 10.2. The van der Waals surface area contributed by atoms with Crippen LogP contribution in [0.1, 0.15) is 10.4 Å². The molecule has 1 fully saturated rings. The molecule has 1 aromatic heterocycles. The van der Waals surface area contributed by atoms with Gasteiger partial charge in [0.1, 0.15) is 0 Å². The van der Waals surface area contributed by atoms with E-state index in [1.165, 1.54) is 0 Å². The minimum atomic E-state index is -0.260. The van der Waals surface area contributed by atoms with Gasteiger partial charge in [-0.05, 0) is 19.2 Å². The van der Waals surface area contributed by atoms with E-state index in [4.69, 9.17) is 9.47 Å². The predicted molar refractivity (Wildman–Crippen MR) is 92.3 cm³/mol. The second kappa shape index (κ2) is 6.56. The first-order valence-electron chi connectivity index (χ1n) is 8.15. The summed E-state index contributed by atoms with van der Waals surface area (Å²) in [7, 11) is 2.10. The van der Waals surface area contributed by atoms with Crippen LogP contribution in [0.2, 0.25) is 0 Å². The number of piperazine rings is 1. The largest absolute Gasteiger partial charge is 0.454 e. The molecule has 0 spiro atoms. The molecule has 0 atom stereocenters. The standard InChI is InChI=1S/C17H19N5O3/c1-21-4-6-22(7-5-21)17-18-9-12(10-19-17)16(23)20-13-2-3-14-15(8-13)25-11-24-14/h2-3,8-10H,4-7,11H2,1H3,(H,20,23). The molecule has 2 aliphatic rings. The molecule has 1 saturated heterocycles. The fourth-order valence-electron chi connectivity index (χ4n) is 2.79. The molecule has 0 unspecified atom stereocenters. The lowest BCUT2D eigenvalue weighted by Gasteiger charge is -2.32. The molecule has 0 radical (unpaired) electrons. The van der Waals surface area contributed by atoms with Crippen molar-refractivity contribution < 1.29 is 14.3 Å². The molecule has 0 bridgehead atoms. The lowest BCUT2D eigenvalue weighted by molar-refractivity contribution is 0.102. The molecule has 25 heavy (non-hydrogen) atoms.